The van der Waals surface area contributed by atoms with Crippen LogP contribution in [-0.2, 0) is 16.6 Å². The number of benzene rings is 9. The smallest absolute Gasteiger partial charge is 0.142 e. The molecule has 0 amide bonds. The van der Waals surface area contributed by atoms with Crippen molar-refractivity contribution in [3.63, 3.8) is 0 Å². The molecule has 2 nitrogen and oxygen atoms in total. The number of hydrogen-bond donors (Lipinski definition) is 2. The Labute approximate surface area is 322 Å². The number of fused-ring (bicyclic) bond motifs is 11. The summed E-state index contributed by atoms with van der Waals surface area (Å²) >= 11 is 3.75. The summed E-state index contributed by atoms with van der Waals surface area (Å²) in [5, 5.41) is 36.7. The van der Waals surface area contributed by atoms with E-state index in [1.54, 1.807) is 0 Å². The van der Waals surface area contributed by atoms with Crippen LogP contribution < -0.4 is 0 Å². The molecule has 9 aromatic rings. The summed E-state index contributed by atoms with van der Waals surface area (Å²) in [7, 11) is 0. The molecule has 0 bridgehead atoms. The van der Waals surface area contributed by atoms with Crippen molar-refractivity contribution < 1.29 is 10.2 Å². The van der Waals surface area contributed by atoms with Gasteiger partial charge in [-0.2, -0.15) is 0 Å². The van der Waals surface area contributed by atoms with Gasteiger partial charge in [0.05, 0.1) is 0 Å². The molecule has 2 aliphatic rings. The summed E-state index contributed by atoms with van der Waals surface area (Å²) in [6.07, 6.45) is 0. The molecule has 0 saturated heterocycles. The molecule has 258 valence electrons. The summed E-state index contributed by atoms with van der Waals surface area (Å²) in [4.78, 5) is 0. The van der Waals surface area contributed by atoms with Gasteiger partial charge < -0.3 is 10.2 Å². The lowest BCUT2D eigenvalue weighted by Gasteiger charge is -2.46. The van der Waals surface area contributed by atoms with E-state index in [9.17, 15) is 10.2 Å². The first kappa shape index (κ1) is 31.9. The molecule has 0 aromatic heterocycles. The van der Waals surface area contributed by atoms with Crippen molar-refractivity contribution in [3.8, 4) is 11.1 Å². The molecule has 0 saturated carbocycles. The molecule has 2 aliphatic carbocycles. The Morgan fingerprint density at radius 2 is 0.778 bits per heavy atom. The maximum Gasteiger partial charge on any atom is 0.142 e. The standard InChI is InChI=1S/C51H35BrO2/c1-49(2)43-27-32(52)23-24-39(43)40-28-47-48(29-44(40)49)51(54,46-26-31-14-4-6-16-34(31)36-18-8-10-20-38(36)46)42-22-12-11-21-41(42)50(47,53)45-25-30-13-3-5-15-33(30)35-17-7-9-19-37(35)45/h3-29,53-54H,1-2H3. The molecule has 0 fully saturated rings. The van der Waals surface area contributed by atoms with Crippen LogP contribution in [0.3, 0.4) is 0 Å². The largest absolute Gasteiger partial charge is 0.376 e. The molecular formula is C51H35BrO2. The normalized spacial score (nSPS) is 19.5. The summed E-state index contributed by atoms with van der Waals surface area (Å²) in [6.45, 7) is 4.53. The third-order valence-electron chi connectivity index (χ3n) is 12.6. The fourth-order valence-corrected chi connectivity index (χ4v) is 10.4. The number of hydrogen-bond acceptors (Lipinski definition) is 2. The molecule has 9 aromatic carbocycles. The lowest BCUT2D eigenvalue weighted by atomic mass is 9.61. The molecule has 2 N–H and O–H groups in total. The van der Waals surface area contributed by atoms with Crippen LogP contribution in [0.2, 0.25) is 0 Å². The van der Waals surface area contributed by atoms with E-state index in [0.29, 0.717) is 22.3 Å². The average Bonchev–Trinajstić information content (AvgIpc) is 3.43. The average molecular weight is 760 g/mol. The molecule has 54 heavy (non-hydrogen) atoms. The Morgan fingerprint density at radius 1 is 0.352 bits per heavy atom. The van der Waals surface area contributed by atoms with E-state index in [4.69, 9.17) is 0 Å². The zero-order chi connectivity index (χ0) is 36.6. The Bertz CT molecular complexity index is 3090. The Morgan fingerprint density at radius 3 is 1.31 bits per heavy atom. The van der Waals surface area contributed by atoms with Gasteiger partial charge in [0.25, 0.3) is 0 Å². The predicted molar refractivity (Wildman–Crippen MR) is 225 cm³/mol. The van der Waals surface area contributed by atoms with Crippen molar-refractivity contribution in [2.45, 2.75) is 30.5 Å². The van der Waals surface area contributed by atoms with Crippen LogP contribution >= 0.6 is 15.9 Å². The Kier molecular flexibility index (Phi) is 6.49. The van der Waals surface area contributed by atoms with E-state index in [1.807, 2.05) is 24.3 Å². The first-order chi connectivity index (χ1) is 26.2. The van der Waals surface area contributed by atoms with Gasteiger partial charge in [-0.05, 0) is 112 Å². The lowest BCUT2D eigenvalue weighted by molar-refractivity contribution is 0.0764. The molecule has 0 radical (unpaired) electrons. The van der Waals surface area contributed by atoms with E-state index in [-0.39, 0.29) is 5.41 Å². The van der Waals surface area contributed by atoms with Crippen molar-refractivity contribution in [1.82, 2.24) is 0 Å². The minimum Gasteiger partial charge on any atom is -0.376 e. The second-order valence-corrected chi connectivity index (χ2v) is 16.5. The minimum absolute atomic E-state index is 0.361. The summed E-state index contributed by atoms with van der Waals surface area (Å²) in [5.74, 6) is 0. The van der Waals surface area contributed by atoms with Crippen LogP contribution in [0.15, 0.2) is 168 Å². The van der Waals surface area contributed by atoms with Gasteiger partial charge in [-0.25, -0.2) is 0 Å². The third-order valence-corrected chi connectivity index (χ3v) is 13.1. The second-order valence-electron chi connectivity index (χ2n) is 15.6. The number of rotatable bonds is 2. The Balaban J connectivity index is 1.34. The quantitative estimate of drug-likeness (QED) is 0.172. The van der Waals surface area contributed by atoms with Gasteiger partial charge in [0, 0.05) is 26.6 Å². The van der Waals surface area contributed by atoms with Crippen molar-refractivity contribution in [3.05, 3.63) is 213 Å². The van der Waals surface area contributed by atoms with E-state index in [0.717, 1.165) is 75.4 Å². The topological polar surface area (TPSA) is 40.5 Å². The highest BCUT2D eigenvalue weighted by atomic mass is 79.9. The van der Waals surface area contributed by atoms with Crippen LogP contribution in [0.25, 0.3) is 54.2 Å². The fourth-order valence-electron chi connectivity index (χ4n) is 10.0. The van der Waals surface area contributed by atoms with Crippen molar-refractivity contribution in [1.29, 1.82) is 0 Å². The summed E-state index contributed by atoms with van der Waals surface area (Å²) < 4.78 is 1.03. The molecule has 3 heteroatoms. The predicted octanol–water partition coefficient (Wildman–Crippen LogP) is 12.2. The summed E-state index contributed by atoms with van der Waals surface area (Å²) in [6, 6.07) is 56.9. The highest BCUT2D eigenvalue weighted by molar-refractivity contribution is 9.10. The molecule has 0 aliphatic heterocycles. The Hall–Kier alpha value is -5.58. The van der Waals surface area contributed by atoms with Crippen LogP contribution in [0.1, 0.15) is 58.4 Å². The van der Waals surface area contributed by atoms with Crippen LogP contribution in [-0.4, -0.2) is 10.2 Å². The van der Waals surface area contributed by atoms with E-state index >= 15 is 0 Å². The molecular weight excluding hydrogens is 724 g/mol. The fraction of sp³-hybridized carbons (Fsp3) is 0.0980. The first-order valence-corrected chi connectivity index (χ1v) is 19.4. The van der Waals surface area contributed by atoms with Crippen molar-refractivity contribution in [2.24, 2.45) is 0 Å². The zero-order valence-corrected chi connectivity index (χ0v) is 31.4. The van der Waals surface area contributed by atoms with Crippen molar-refractivity contribution in [2.75, 3.05) is 0 Å². The zero-order valence-electron chi connectivity index (χ0n) is 29.9. The van der Waals surface area contributed by atoms with Crippen LogP contribution in [0.4, 0.5) is 0 Å². The highest BCUT2D eigenvalue weighted by Crippen LogP contribution is 2.59. The molecule has 0 heterocycles. The monoisotopic (exact) mass is 758 g/mol. The van der Waals surface area contributed by atoms with Gasteiger partial charge >= 0.3 is 0 Å². The molecule has 2 atom stereocenters. The van der Waals surface area contributed by atoms with E-state index < -0.39 is 11.2 Å². The summed E-state index contributed by atoms with van der Waals surface area (Å²) in [5.41, 5.74) is 5.29. The van der Waals surface area contributed by atoms with Crippen molar-refractivity contribution >= 4 is 59.0 Å². The first-order valence-electron chi connectivity index (χ1n) is 18.6. The van der Waals surface area contributed by atoms with Gasteiger partial charge in [0.2, 0.25) is 0 Å². The number of aliphatic hydroxyl groups is 2. The van der Waals surface area contributed by atoms with E-state index in [1.165, 1.54) is 5.56 Å². The van der Waals surface area contributed by atoms with Crippen LogP contribution in [0, 0.1) is 0 Å². The molecule has 0 spiro atoms. The minimum atomic E-state index is -1.62. The van der Waals surface area contributed by atoms with Gasteiger partial charge in [0.1, 0.15) is 11.2 Å². The third kappa shape index (κ3) is 4.02. The molecule has 2 unspecified atom stereocenters. The number of halogens is 1. The highest BCUT2D eigenvalue weighted by Gasteiger charge is 2.53. The van der Waals surface area contributed by atoms with Gasteiger partial charge in [-0.3, -0.25) is 0 Å². The maximum absolute atomic E-state index is 14.1. The lowest BCUT2D eigenvalue weighted by Crippen LogP contribution is -2.44. The van der Waals surface area contributed by atoms with Gasteiger partial charge in [0.15, 0.2) is 0 Å². The molecule has 11 rings (SSSR count). The van der Waals surface area contributed by atoms with Gasteiger partial charge in [-0.1, -0.05) is 163 Å². The SMILES string of the molecule is CC1(C)c2cc(Br)ccc2-c2cc3c(cc21)C(O)(c1cc2ccccc2c2ccccc12)c1ccccc1C3(O)c1cc2ccccc2c2ccccc12. The second kappa shape index (κ2) is 11.0. The van der Waals surface area contributed by atoms with Crippen LogP contribution in [0.5, 0.6) is 0 Å². The maximum atomic E-state index is 14.1. The van der Waals surface area contributed by atoms with Gasteiger partial charge in [-0.15, -0.1) is 0 Å². The van der Waals surface area contributed by atoms with E-state index in [2.05, 4.69) is 169 Å².